The molecule has 2 nitrogen and oxygen atoms in total. The molecule has 0 saturated carbocycles. The molecule has 0 aromatic heterocycles. The summed E-state index contributed by atoms with van der Waals surface area (Å²) >= 11 is 5.19. The molecular formula is C6H9ClO2. The molecule has 0 saturated heterocycles. The second kappa shape index (κ2) is 7.77. The molecule has 0 atom stereocenters. The minimum Gasteiger partial charge on any atom is -0.372 e. The number of rotatable bonds is 3. The van der Waals surface area contributed by atoms with Crippen LogP contribution < -0.4 is 0 Å². The molecule has 0 radical (unpaired) electrons. The van der Waals surface area contributed by atoms with Gasteiger partial charge in [-0.05, 0) is 0 Å². The van der Waals surface area contributed by atoms with Gasteiger partial charge >= 0.3 is 0 Å². The van der Waals surface area contributed by atoms with Crippen LogP contribution in [0.1, 0.15) is 0 Å². The van der Waals surface area contributed by atoms with Gasteiger partial charge in [0.1, 0.15) is 19.3 Å². The lowest BCUT2D eigenvalue weighted by molar-refractivity contribution is 0.216. The Morgan fingerprint density at radius 1 is 1.33 bits per heavy atom. The average Bonchev–Trinajstić information content (AvgIpc) is 1.89. The van der Waals surface area contributed by atoms with Gasteiger partial charge in [-0.2, -0.15) is 0 Å². The van der Waals surface area contributed by atoms with Gasteiger partial charge < -0.3 is 9.47 Å². The Hall–Kier alpha value is -0.230. The zero-order valence-electron chi connectivity index (χ0n) is 5.32. The predicted molar refractivity (Wildman–Crippen MR) is 36.3 cm³/mol. The molecule has 3 heteroatoms. The van der Waals surface area contributed by atoms with E-state index in [0.717, 1.165) is 0 Å². The minimum absolute atomic E-state index is 0.196. The molecule has 0 bridgehead atoms. The van der Waals surface area contributed by atoms with E-state index >= 15 is 0 Å². The van der Waals surface area contributed by atoms with Gasteiger partial charge in [0.05, 0.1) is 0 Å². The smallest absolute Gasteiger partial charge is 0.122 e. The van der Waals surface area contributed by atoms with E-state index in [-0.39, 0.29) is 6.07 Å². The SMILES string of the molecule is COCC#CCOCCl. The van der Waals surface area contributed by atoms with Crippen LogP contribution in [0.25, 0.3) is 0 Å². The molecule has 0 unspecified atom stereocenters. The van der Waals surface area contributed by atoms with Gasteiger partial charge in [-0.1, -0.05) is 23.4 Å². The van der Waals surface area contributed by atoms with Crippen molar-refractivity contribution in [1.82, 2.24) is 0 Å². The zero-order valence-corrected chi connectivity index (χ0v) is 6.07. The van der Waals surface area contributed by atoms with E-state index < -0.39 is 0 Å². The third-order valence-electron chi connectivity index (χ3n) is 0.593. The third kappa shape index (κ3) is 7.77. The molecule has 0 aliphatic heterocycles. The predicted octanol–water partition coefficient (Wildman–Crippen LogP) is 0.849. The van der Waals surface area contributed by atoms with E-state index in [4.69, 9.17) is 16.3 Å². The van der Waals surface area contributed by atoms with Crippen LogP contribution in [0.4, 0.5) is 0 Å². The van der Waals surface area contributed by atoms with E-state index in [2.05, 4.69) is 16.6 Å². The summed E-state index contributed by atoms with van der Waals surface area (Å²) in [5.41, 5.74) is 0. The van der Waals surface area contributed by atoms with E-state index in [1.165, 1.54) is 0 Å². The van der Waals surface area contributed by atoms with Crippen LogP contribution in [-0.4, -0.2) is 26.4 Å². The van der Waals surface area contributed by atoms with Crippen molar-refractivity contribution >= 4 is 11.6 Å². The normalized spacial score (nSPS) is 8.22. The molecule has 0 fully saturated rings. The second-order valence-corrected chi connectivity index (χ2v) is 1.46. The van der Waals surface area contributed by atoms with Crippen LogP contribution >= 0.6 is 11.6 Å². The second-order valence-electron chi connectivity index (χ2n) is 1.24. The Morgan fingerprint density at radius 2 is 2.00 bits per heavy atom. The van der Waals surface area contributed by atoms with Crippen LogP contribution in [0.5, 0.6) is 0 Å². The highest BCUT2D eigenvalue weighted by Crippen LogP contribution is 1.75. The molecule has 9 heavy (non-hydrogen) atoms. The average molecular weight is 149 g/mol. The molecule has 0 aliphatic carbocycles. The van der Waals surface area contributed by atoms with Gasteiger partial charge in [-0.3, -0.25) is 0 Å². The van der Waals surface area contributed by atoms with Crippen molar-refractivity contribution in [1.29, 1.82) is 0 Å². The Kier molecular flexibility index (Phi) is 7.57. The molecule has 0 aromatic carbocycles. The number of ether oxygens (including phenoxy) is 2. The summed E-state index contributed by atoms with van der Waals surface area (Å²) in [6.07, 6.45) is 0. The van der Waals surface area contributed by atoms with E-state index in [9.17, 15) is 0 Å². The molecule has 0 heterocycles. The maximum absolute atomic E-state index is 5.19. The molecule has 0 amide bonds. The van der Waals surface area contributed by atoms with Crippen LogP contribution in [0.15, 0.2) is 0 Å². The highest BCUT2D eigenvalue weighted by molar-refractivity contribution is 6.17. The topological polar surface area (TPSA) is 18.5 Å². The summed E-state index contributed by atoms with van der Waals surface area (Å²) in [7, 11) is 1.59. The number of alkyl halides is 1. The van der Waals surface area contributed by atoms with Gasteiger partial charge in [-0.15, -0.1) is 0 Å². The maximum Gasteiger partial charge on any atom is 0.122 e. The van der Waals surface area contributed by atoms with Crippen molar-refractivity contribution in [3.05, 3.63) is 0 Å². The first kappa shape index (κ1) is 8.77. The number of hydrogen-bond donors (Lipinski definition) is 0. The van der Waals surface area contributed by atoms with Crippen molar-refractivity contribution in [3.8, 4) is 11.8 Å². The zero-order chi connectivity index (χ0) is 6.95. The molecule has 0 spiro atoms. The largest absolute Gasteiger partial charge is 0.372 e. The Labute approximate surface area is 60.1 Å². The van der Waals surface area contributed by atoms with E-state index in [1.54, 1.807) is 7.11 Å². The van der Waals surface area contributed by atoms with Crippen LogP contribution in [-0.2, 0) is 9.47 Å². The summed E-state index contributed by atoms with van der Waals surface area (Å²) in [5.74, 6) is 5.42. The maximum atomic E-state index is 5.19. The number of methoxy groups -OCH3 is 1. The van der Waals surface area contributed by atoms with Crippen molar-refractivity contribution in [3.63, 3.8) is 0 Å². The molecular weight excluding hydrogens is 140 g/mol. The molecule has 0 aliphatic rings. The summed E-state index contributed by atoms with van der Waals surface area (Å²) in [6, 6.07) is 0.196. The highest BCUT2D eigenvalue weighted by atomic mass is 35.5. The van der Waals surface area contributed by atoms with Crippen LogP contribution in [0.3, 0.4) is 0 Å². The Balaban J connectivity index is 2.96. The minimum atomic E-state index is 0.196. The van der Waals surface area contributed by atoms with Crippen molar-refractivity contribution in [2.45, 2.75) is 0 Å². The number of halogens is 1. The molecule has 0 N–H and O–H groups in total. The van der Waals surface area contributed by atoms with Crippen molar-refractivity contribution in [2.75, 3.05) is 26.4 Å². The van der Waals surface area contributed by atoms with Gasteiger partial charge in [0.15, 0.2) is 0 Å². The number of hydrogen-bond acceptors (Lipinski definition) is 2. The fourth-order valence-electron chi connectivity index (χ4n) is 0.264. The lowest BCUT2D eigenvalue weighted by Crippen LogP contribution is -1.88. The third-order valence-corrected chi connectivity index (χ3v) is 0.747. The van der Waals surface area contributed by atoms with Gasteiger partial charge in [0, 0.05) is 7.11 Å². The van der Waals surface area contributed by atoms with Crippen LogP contribution in [0, 0.1) is 11.8 Å². The summed E-state index contributed by atoms with van der Waals surface area (Å²) in [4.78, 5) is 0. The summed E-state index contributed by atoms with van der Waals surface area (Å²) in [6.45, 7) is 0.832. The molecule has 0 aromatic rings. The molecule has 52 valence electrons. The first-order valence-electron chi connectivity index (χ1n) is 2.50. The van der Waals surface area contributed by atoms with Crippen molar-refractivity contribution < 1.29 is 9.47 Å². The fraction of sp³-hybridized carbons (Fsp3) is 0.667. The standard InChI is InChI=1S/C6H9ClO2/c1-8-4-2-3-5-9-6-7/h4-6H2,1H3. The quantitative estimate of drug-likeness (QED) is 0.336. The van der Waals surface area contributed by atoms with Gasteiger partial charge in [0.2, 0.25) is 0 Å². The summed E-state index contributed by atoms with van der Waals surface area (Å²) < 4.78 is 9.38. The first-order valence-corrected chi connectivity index (χ1v) is 3.03. The van der Waals surface area contributed by atoms with Crippen LogP contribution in [0.2, 0.25) is 0 Å². The van der Waals surface area contributed by atoms with Crippen molar-refractivity contribution in [2.24, 2.45) is 0 Å². The summed E-state index contributed by atoms with van der Waals surface area (Å²) in [5, 5.41) is 0. The first-order chi connectivity index (χ1) is 4.41. The Morgan fingerprint density at radius 3 is 2.56 bits per heavy atom. The van der Waals surface area contributed by atoms with Gasteiger partial charge in [-0.25, -0.2) is 0 Å². The molecule has 0 rings (SSSR count). The fourth-order valence-corrected chi connectivity index (χ4v) is 0.341. The highest BCUT2D eigenvalue weighted by Gasteiger charge is 1.73. The van der Waals surface area contributed by atoms with E-state index in [1.807, 2.05) is 0 Å². The lowest BCUT2D eigenvalue weighted by atomic mass is 10.6. The Bertz CT molecular complexity index is 103. The van der Waals surface area contributed by atoms with Gasteiger partial charge in [0.25, 0.3) is 0 Å². The van der Waals surface area contributed by atoms with E-state index in [0.29, 0.717) is 13.2 Å². The lowest BCUT2D eigenvalue weighted by Gasteiger charge is -1.87. The monoisotopic (exact) mass is 148 g/mol.